The highest BCUT2D eigenvalue weighted by molar-refractivity contribution is 5.17. The number of hydrogen-bond donors (Lipinski definition) is 1. The smallest absolute Gasteiger partial charge is 0.126 e. The molecule has 0 saturated heterocycles. The molecule has 1 aromatic rings. The minimum Gasteiger partial charge on any atom is -0.376 e. The Bertz CT molecular complexity index is 400. The molecule has 0 aliphatic heterocycles. The van der Waals surface area contributed by atoms with Gasteiger partial charge in [-0.05, 0) is 70.7 Å². The van der Waals surface area contributed by atoms with Crippen molar-refractivity contribution in [2.24, 2.45) is 5.92 Å². The van der Waals surface area contributed by atoms with E-state index in [9.17, 15) is 4.39 Å². The SMILES string of the molecule is CCCNCC(CCOC(C)(C)C)Cc1ccccc1F. The van der Waals surface area contributed by atoms with E-state index in [1.54, 1.807) is 6.07 Å². The summed E-state index contributed by atoms with van der Waals surface area (Å²) >= 11 is 0. The molecule has 2 nitrogen and oxygen atoms in total. The van der Waals surface area contributed by atoms with Crippen LogP contribution in [0.15, 0.2) is 24.3 Å². The van der Waals surface area contributed by atoms with Crippen molar-refractivity contribution in [3.63, 3.8) is 0 Å². The molecule has 1 aromatic carbocycles. The van der Waals surface area contributed by atoms with Gasteiger partial charge in [0.2, 0.25) is 0 Å². The van der Waals surface area contributed by atoms with Crippen molar-refractivity contribution in [3.05, 3.63) is 35.6 Å². The predicted molar refractivity (Wildman–Crippen MR) is 87.1 cm³/mol. The van der Waals surface area contributed by atoms with E-state index >= 15 is 0 Å². The summed E-state index contributed by atoms with van der Waals surface area (Å²) in [5, 5.41) is 3.44. The zero-order valence-corrected chi connectivity index (χ0v) is 13.9. The molecule has 1 atom stereocenters. The molecule has 3 heteroatoms. The lowest BCUT2D eigenvalue weighted by Gasteiger charge is -2.23. The lowest BCUT2D eigenvalue weighted by atomic mass is 9.96. The van der Waals surface area contributed by atoms with Crippen LogP contribution < -0.4 is 5.32 Å². The Morgan fingerprint density at radius 3 is 2.57 bits per heavy atom. The van der Waals surface area contributed by atoms with Crippen LogP contribution in [0.25, 0.3) is 0 Å². The molecular formula is C18H30FNO. The van der Waals surface area contributed by atoms with Crippen molar-refractivity contribution in [1.29, 1.82) is 0 Å². The highest BCUT2D eigenvalue weighted by atomic mass is 19.1. The highest BCUT2D eigenvalue weighted by Gasteiger charge is 2.15. The first kappa shape index (κ1) is 18.1. The van der Waals surface area contributed by atoms with Gasteiger partial charge in [0.1, 0.15) is 5.82 Å². The van der Waals surface area contributed by atoms with E-state index in [0.717, 1.165) is 44.5 Å². The quantitative estimate of drug-likeness (QED) is 0.690. The van der Waals surface area contributed by atoms with Gasteiger partial charge in [-0.25, -0.2) is 4.39 Å². The van der Waals surface area contributed by atoms with Crippen LogP contribution in [0, 0.1) is 11.7 Å². The maximum Gasteiger partial charge on any atom is 0.126 e. The molecule has 0 saturated carbocycles. The van der Waals surface area contributed by atoms with Crippen LogP contribution in [0.4, 0.5) is 4.39 Å². The second-order valence-electron chi connectivity index (χ2n) is 6.62. The van der Waals surface area contributed by atoms with Gasteiger partial charge in [-0.1, -0.05) is 25.1 Å². The third kappa shape index (κ3) is 8.18. The predicted octanol–water partition coefficient (Wildman–Crippen LogP) is 4.19. The molecule has 0 bridgehead atoms. The molecular weight excluding hydrogens is 265 g/mol. The molecule has 0 radical (unpaired) electrons. The Kier molecular flexibility index (Phi) is 7.91. The molecule has 0 aromatic heterocycles. The van der Waals surface area contributed by atoms with Crippen LogP contribution in [-0.2, 0) is 11.2 Å². The first-order valence-corrected chi connectivity index (χ1v) is 8.00. The molecule has 120 valence electrons. The van der Waals surface area contributed by atoms with Crippen LogP contribution in [0.5, 0.6) is 0 Å². The van der Waals surface area contributed by atoms with E-state index < -0.39 is 0 Å². The van der Waals surface area contributed by atoms with Gasteiger partial charge in [-0.3, -0.25) is 0 Å². The average Bonchev–Trinajstić information content (AvgIpc) is 2.40. The van der Waals surface area contributed by atoms with Crippen molar-refractivity contribution >= 4 is 0 Å². The first-order valence-electron chi connectivity index (χ1n) is 8.00. The van der Waals surface area contributed by atoms with Gasteiger partial charge in [0.25, 0.3) is 0 Å². The van der Waals surface area contributed by atoms with Crippen LogP contribution in [0.3, 0.4) is 0 Å². The third-order valence-electron chi connectivity index (χ3n) is 3.39. The summed E-state index contributed by atoms with van der Waals surface area (Å²) in [5.74, 6) is 0.297. The van der Waals surface area contributed by atoms with Crippen LogP contribution in [0.2, 0.25) is 0 Å². The summed E-state index contributed by atoms with van der Waals surface area (Å²) in [7, 11) is 0. The van der Waals surface area contributed by atoms with Crippen LogP contribution >= 0.6 is 0 Å². The van der Waals surface area contributed by atoms with Crippen molar-refractivity contribution in [3.8, 4) is 0 Å². The summed E-state index contributed by atoms with van der Waals surface area (Å²) < 4.78 is 19.6. The molecule has 21 heavy (non-hydrogen) atoms. The monoisotopic (exact) mass is 295 g/mol. The van der Waals surface area contributed by atoms with Gasteiger partial charge in [0.05, 0.1) is 5.60 Å². The fourth-order valence-corrected chi connectivity index (χ4v) is 2.27. The van der Waals surface area contributed by atoms with Gasteiger partial charge in [-0.15, -0.1) is 0 Å². The fourth-order valence-electron chi connectivity index (χ4n) is 2.27. The zero-order valence-electron chi connectivity index (χ0n) is 13.9. The van der Waals surface area contributed by atoms with Gasteiger partial charge in [0.15, 0.2) is 0 Å². The number of benzene rings is 1. The van der Waals surface area contributed by atoms with Crippen molar-refractivity contribution in [2.75, 3.05) is 19.7 Å². The van der Waals surface area contributed by atoms with E-state index in [4.69, 9.17) is 4.74 Å². The largest absolute Gasteiger partial charge is 0.376 e. The second kappa shape index (κ2) is 9.16. The minimum atomic E-state index is -0.112. The standard InChI is InChI=1S/C18H30FNO/c1-5-11-20-14-15(10-12-21-18(2,3)4)13-16-8-6-7-9-17(16)19/h6-9,15,20H,5,10-14H2,1-4H3. The zero-order chi connectivity index (χ0) is 15.7. The molecule has 0 heterocycles. The average molecular weight is 295 g/mol. The third-order valence-corrected chi connectivity index (χ3v) is 3.39. The Morgan fingerprint density at radius 1 is 1.24 bits per heavy atom. The Labute approximate surface area is 129 Å². The second-order valence-corrected chi connectivity index (χ2v) is 6.62. The van der Waals surface area contributed by atoms with Gasteiger partial charge < -0.3 is 10.1 Å². The van der Waals surface area contributed by atoms with E-state index in [1.807, 2.05) is 12.1 Å². The molecule has 0 fully saturated rings. The molecule has 1 rings (SSSR count). The Hall–Kier alpha value is -0.930. The molecule has 1 unspecified atom stereocenters. The lowest BCUT2D eigenvalue weighted by Crippen LogP contribution is -2.28. The molecule has 0 aliphatic rings. The number of rotatable bonds is 9. The molecule has 0 spiro atoms. The number of hydrogen-bond acceptors (Lipinski definition) is 2. The Morgan fingerprint density at radius 2 is 1.95 bits per heavy atom. The Balaban J connectivity index is 2.53. The number of nitrogens with one attached hydrogen (secondary N) is 1. The minimum absolute atomic E-state index is 0.102. The van der Waals surface area contributed by atoms with E-state index in [1.165, 1.54) is 6.07 Å². The topological polar surface area (TPSA) is 21.3 Å². The fraction of sp³-hybridized carbons (Fsp3) is 0.667. The maximum absolute atomic E-state index is 13.8. The number of halogens is 1. The first-order chi connectivity index (χ1) is 9.92. The van der Waals surface area contributed by atoms with Gasteiger partial charge in [0, 0.05) is 6.61 Å². The summed E-state index contributed by atoms with van der Waals surface area (Å²) in [6.07, 6.45) is 2.82. The number of ether oxygens (including phenoxy) is 1. The maximum atomic E-state index is 13.8. The van der Waals surface area contributed by atoms with Crippen molar-refractivity contribution < 1.29 is 9.13 Å². The van der Waals surface area contributed by atoms with Crippen LogP contribution in [-0.4, -0.2) is 25.3 Å². The lowest BCUT2D eigenvalue weighted by molar-refractivity contribution is -0.00922. The summed E-state index contributed by atoms with van der Waals surface area (Å²) in [6, 6.07) is 7.07. The van der Waals surface area contributed by atoms with E-state index in [2.05, 4.69) is 33.0 Å². The summed E-state index contributed by atoms with van der Waals surface area (Å²) in [6.45, 7) is 11.0. The van der Waals surface area contributed by atoms with Crippen molar-refractivity contribution in [1.82, 2.24) is 5.32 Å². The summed E-state index contributed by atoms with van der Waals surface area (Å²) in [4.78, 5) is 0. The van der Waals surface area contributed by atoms with Gasteiger partial charge in [-0.2, -0.15) is 0 Å². The van der Waals surface area contributed by atoms with E-state index in [0.29, 0.717) is 5.92 Å². The summed E-state index contributed by atoms with van der Waals surface area (Å²) in [5.41, 5.74) is 0.691. The van der Waals surface area contributed by atoms with Crippen molar-refractivity contribution in [2.45, 2.75) is 52.6 Å². The van der Waals surface area contributed by atoms with E-state index in [-0.39, 0.29) is 11.4 Å². The molecule has 0 amide bonds. The molecule has 0 aliphatic carbocycles. The molecule has 1 N–H and O–H groups in total. The highest BCUT2D eigenvalue weighted by Crippen LogP contribution is 2.17. The van der Waals surface area contributed by atoms with Gasteiger partial charge >= 0.3 is 0 Å². The van der Waals surface area contributed by atoms with Crippen LogP contribution in [0.1, 0.15) is 46.1 Å². The normalized spacial score (nSPS) is 13.4.